The number of carbonyl (C=O) groups is 1. The second-order valence-corrected chi connectivity index (χ2v) is 10.7. The quantitative estimate of drug-likeness (QED) is 0.746. The van der Waals surface area contributed by atoms with Gasteiger partial charge in [-0.3, -0.25) is 4.79 Å². The van der Waals surface area contributed by atoms with Gasteiger partial charge in [-0.2, -0.15) is 4.31 Å². The van der Waals surface area contributed by atoms with Gasteiger partial charge in [-0.25, -0.2) is 8.42 Å². The van der Waals surface area contributed by atoms with Crippen LogP contribution in [0.15, 0.2) is 23.1 Å². The normalized spacial score (nSPS) is 29.2. The van der Waals surface area contributed by atoms with E-state index in [0.717, 1.165) is 11.8 Å². The third-order valence-corrected chi connectivity index (χ3v) is 8.96. The maximum atomic E-state index is 13.0. The Morgan fingerprint density at radius 2 is 1.76 bits per heavy atom. The van der Waals surface area contributed by atoms with Crippen LogP contribution in [0.25, 0.3) is 0 Å². The van der Waals surface area contributed by atoms with Crippen molar-refractivity contribution in [1.29, 1.82) is 0 Å². The lowest BCUT2D eigenvalue weighted by Crippen LogP contribution is -2.50. The minimum Gasteiger partial charge on any atom is -0.486 e. The molecule has 2 aliphatic heterocycles. The predicted octanol–water partition coefficient (Wildman–Crippen LogP) is 2.12. The lowest BCUT2D eigenvalue weighted by Gasteiger charge is -2.35. The molecular weight excluding hydrogens is 392 g/mol. The first kappa shape index (κ1) is 19.2. The van der Waals surface area contributed by atoms with Gasteiger partial charge in [-0.1, -0.05) is 6.42 Å². The Kier molecular flexibility index (Phi) is 4.94. The zero-order chi connectivity index (χ0) is 20.0. The van der Waals surface area contributed by atoms with Crippen LogP contribution in [0.3, 0.4) is 0 Å². The molecule has 29 heavy (non-hydrogen) atoms. The first-order valence-electron chi connectivity index (χ1n) is 10.7. The van der Waals surface area contributed by atoms with Crippen molar-refractivity contribution in [1.82, 2.24) is 9.21 Å². The third kappa shape index (κ3) is 3.61. The molecule has 3 fully saturated rings. The van der Waals surface area contributed by atoms with Gasteiger partial charge >= 0.3 is 0 Å². The Bertz CT molecular complexity index is 894. The smallest absolute Gasteiger partial charge is 0.243 e. The van der Waals surface area contributed by atoms with Crippen LogP contribution in [-0.2, 0) is 14.8 Å². The van der Waals surface area contributed by atoms with Gasteiger partial charge in [-0.15, -0.1) is 0 Å². The van der Waals surface area contributed by atoms with Gasteiger partial charge in [0, 0.05) is 38.7 Å². The highest BCUT2D eigenvalue weighted by atomic mass is 32.2. The molecule has 0 radical (unpaired) electrons. The molecule has 158 valence electrons. The summed E-state index contributed by atoms with van der Waals surface area (Å²) in [6, 6.07) is 4.75. The third-order valence-electron chi connectivity index (χ3n) is 7.06. The molecular formula is C21H28N2O5S. The van der Waals surface area contributed by atoms with Crippen LogP contribution in [0.5, 0.6) is 11.5 Å². The number of sulfonamides is 1. The molecule has 1 saturated heterocycles. The number of amides is 1. The molecule has 0 spiro atoms. The summed E-state index contributed by atoms with van der Waals surface area (Å²) < 4.78 is 38.5. The van der Waals surface area contributed by atoms with E-state index in [0.29, 0.717) is 63.2 Å². The van der Waals surface area contributed by atoms with Crippen LogP contribution in [0.4, 0.5) is 0 Å². The minimum atomic E-state index is -3.61. The number of rotatable bonds is 4. The van der Waals surface area contributed by atoms with Gasteiger partial charge in [0.1, 0.15) is 13.2 Å². The molecule has 1 aromatic carbocycles. The van der Waals surface area contributed by atoms with Crippen molar-refractivity contribution in [3.05, 3.63) is 18.2 Å². The molecule has 1 amide bonds. The summed E-state index contributed by atoms with van der Waals surface area (Å²) in [7, 11) is -3.61. The predicted molar refractivity (Wildman–Crippen MR) is 106 cm³/mol. The molecule has 2 bridgehead atoms. The van der Waals surface area contributed by atoms with Gasteiger partial charge in [0.05, 0.1) is 4.90 Å². The summed E-state index contributed by atoms with van der Waals surface area (Å²) in [4.78, 5) is 14.8. The topological polar surface area (TPSA) is 76.2 Å². The van der Waals surface area contributed by atoms with E-state index in [1.54, 1.807) is 12.1 Å². The van der Waals surface area contributed by atoms with Crippen molar-refractivity contribution in [3.63, 3.8) is 0 Å². The lowest BCUT2D eigenvalue weighted by molar-refractivity contribution is -0.133. The highest BCUT2D eigenvalue weighted by molar-refractivity contribution is 7.89. The monoisotopic (exact) mass is 420 g/mol. The van der Waals surface area contributed by atoms with E-state index in [9.17, 15) is 13.2 Å². The standard InChI is InChI=1S/C21H28N2O5S/c24-21(13-17-12-15-1-2-16(17)11-15)22-5-7-23(8-6-22)29(25,26)18-3-4-19-20(14-18)28-10-9-27-19/h3-4,14-17H,1-2,5-13H2/t15-,16-,17-/m1/s1. The molecule has 0 unspecified atom stereocenters. The number of piperazine rings is 1. The number of fused-ring (bicyclic) bond motifs is 3. The number of benzene rings is 1. The van der Waals surface area contributed by atoms with Crippen LogP contribution >= 0.6 is 0 Å². The van der Waals surface area contributed by atoms with Crippen LogP contribution in [0.1, 0.15) is 32.1 Å². The molecule has 4 aliphatic rings. The highest BCUT2D eigenvalue weighted by Gasteiger charge is 2.41. The van der Waals surface area contributed by atoms with Gasteiger partial charge in [0.15, 0.2) is 11.5 Å². The largest absolute Gasteiger partial charge is 0.486 e. The van der Waals surface area contributed by atoms with Crippen molar-refractivity contribution >= 4 is 15.9 Å². The van der Waals surface area contributed by atoms with Gasteiger partial charge < -0.3 is 14.4 Å². The fourth-order valence-corrected chi connectivity index (χ4v) is 6.93. The summed E-state index contributed by atoms with van der Waals surface area (Å²) in [5.41, 5.74) is 0. The number of carbonyl (C=O) groups excluding carboxylic acids is 1. The van der Waals surface area contributed by atoms with Crippen LogP contribution in [0, 0.1) is 17.8 Å². The fraction of sp³-hybridized carbons (Fsp3) is 0.667. The molecule has 3 atom stereocenters. The number of ether oxygens (including phenoxy) is 2. The average molecular weight is 421 g/mol. The van der Waals surface area contributed by atoms with E-state index >= 15 is 0 Å². The van der Waals surface area contributed by atoms with Crippen molar-refractivity contribution in [2.24, 2.45) is 17.8 Å². The Balaban J connectivity index is 1.20. The van der Waals surface area contributed by atoms with Gasteiger partial charge in [0.2, 0.25) is 15.9 Å². The Morgan fingerprint density at radius 1 is 1.00 bits per heavy atom. The molecule has 2 saturated carbocycles. The Morgan fingerprint density at radius 3 is 2.45 bits per heavy atom. The Labute approximate surface area is 172 Å². The zero-order valence-corrected chi connectivity index (χ0v) is 17.4. The summed E-state index contributed by atoms with van der Waals surface area (Å²) in [5, 5.41) is 0. The molecule has 2 heterocycles. The molecule has 5 rings (SSSR count). The first-order valence-corrected chi connectivity index (χ1v) is 12.1. The van der Waals surface area contributed by atoms with E-state index in [4.69, 9.17) is 9.47 Å². The first-order chi connectivity index (χ1) is 14.0. The number of hydrogen-bond donors (Lipinski definition) is 0. The summed E-state index contributed by atoms with van der Waals surface area (Å²) in [5.74, 6) is 3.36. The SMILES string of the molecule is O=C(C[C@H]1C[C@@H]2CC[C@@H]1C2)N1CCN(S(=O)(=O)c2ccc3c(c2)OCCO3)CC1. The van der Waals surface area contributed by atoms with Gasteiger partial charge in [0.25, 0.3) is 0 Å². The second-order valence-electron chi connectivity index (χ2n) is 8.73. The van der Waals surface area contributed by atoms with E-state index in [-0.39, 0.29) is 10.8 Å². The minimum absolute atomic E-state index is 0.193. The summed E-state index contributed by atoms with van der Waals surface area (Å²) in [6.45, 7) is 2.47. The number of hydrogen-bond acceptors (Lipinski definition) is 5. The van der Waals surface area contributed by atoms with Crippen molar-refractivity contribution in [2.75, 3.05) is 39.4 Å². The average Bonchev–Trinajstić information content (AvgIpc) is 3.36. The lowest BCUT2D eigenvalue weighted by atomic mass is 9.86. The molecule has 7 nitrogen and oxygen atoms in total. The molecule has 1 aromatic rings. The molecule has 8 heteroatoms. The highest BCUT2D eigenvalue weighted by Crippen LogP contribution is 2.49. The second kappa shape index (κ2) is 7.47. The number of nitrogens with zero attached hydrogens (tertiary/aromatic N) is 2. The van der Waals surface area contributed by atoms with Crippen molar-refractivity contribution in [2.45, 2.75) is 37.0 Å². The summed E-state index contributed by atoms with van der Waals surface area (Å²) in [6.07, 6.45) is 5.76. The van der Waals surface area contributed by atoms with Crippen molar-refractivity contribution in [3.8, 4) is 11.5 Å². The molecule has 2 aliphatic carbocycles. The van der Waals surface area contributed by atoms with Crippen LogP contribution in [-0.4, -0.2) is 62.9 Å². The van der Waals surface area contributed by atoms with Crippen LogP contribution in [0.2, 0.25) is 0 Å². The maximum Gasteiger partial charge on any atom is 0.243 e. The van der Waals surface area contributed by atoms with Gasteiger partial charge in [-0.05, 0) is 49.1 Å². The molecule has 0 aromatic heterocycles. The zero-order valence-electron chi connectivity index (χ0n) is 16.6. The van der Waals surface area contributed by atoms with E-state index in [1.165, 1.54) is 36.1 Å². The fourth-order valence-electron chi connectivity index (χ4n) is 5.49. The summed E-state index contributed by atoms with van der Waals surface area (Å²) >= 11 is 0. The van der Waals surface area contributed by atoms with Crippen molar-refractivity contribution < 1.29 is 22.7 Å². The van der Waals surface area contributed by atoms with E-state index in [2.05, 4.69) is 0 Å². The van der Waals surface area contributed by atoms with Crippen LogP contribution < -0.4 is 9.47 Å². The van der Waals surface area contributed by atoms with E-state index < -0.39 is 10.0 Å². The maximum absolute atomic E-state index is 13.0. The van der Waals surface area contributed by atoms with E-state index in [1.807, 2.05) is 4.90 Å². The Hall–Kier alpha value is -1.80. The molecule has 0 N–H and O–H groups in total.